The van der Waals surface area contributed by atoms with Gasteiger partial charge in [-0.3, -0.25) is 4.79 Å². The van der Waals surface area contributed by atoms with Gasteiger partial charge in [-0.1, -0.05) is 47.6 Å². The van der Waals surface area contributed by atoms with Crippen LogP contribution in [0.4, 0.5) is 5.69 Å². The number of methoxy groups -OCH3 is 1. The fourth-order valence-corrected chi connectivity index (χ4v) is 4.05. The summed E-state index contributed by atoms with van der Waals surface area (Å²) >= 11 is 11.1. The largest absolute Gasteiger partial charge is 0.385 e. The molecular weight excluding hydrogens is 476 g/mol. The van der Waals surface area contributed by atoms with E-state index in [0.717, 1.165) is 22.1 Å². The van der Waals surface area contributed by atoms with Crippen molar-refractivity contribution in [2.75, 3.05) is 24.8 Å². The number of thioether (sulfide) groups is 1. The highest BCUT2D eigenvalue weighted by molar-refractivity contribution is 9.10. The Kier molecular flexibility index (Phi) is 8.11. The molecule has 1 aromatic heterocycles. The first-order valence-electron chi connectivity index (χ1n) is 8.94. The molecule has 0 atom stereocenters. The molecule has 29 heavy (non-hydrogen) atoms. The van der Waals surface area contributed by atoms with Gasteiger partial charge >= 0.3 is 0 Å². The fraction of sp³-hybridized carbons (Fsp3) is 0.250. The van der Waals surface area contributed by atoms with E-state index in [1.54, 1.807) is 7.11 Å². The number of hydrogen-bond acceptors (Lipinski definition) is 5. The molecule has 0 aliphatic heterocycles. The predicted molar refractivity (Wildman–Crippen MR) is 120 cm³/mol. The Morgan fingerprint density at radius 1 is 1.21 bits per heavy atom. The molecule has 3 rings (SSSR count). The van der Waals surface area contributed by atoms with Crippen LogP contribution >= 0.6 is 39.3 Å². The zero-order chi connectivity index (χ0) is 20.6. The highest BCUT2D eigenvalue weighted by atomic mass is 79.9. The summed E-state index contributed by atoms with van der Waals surface area (Å²) in [5.41, 5.74) is 1.54. The van der Waals surface area contributed by atoms with Gasteiger partial charge in [-0.15, -0.1) is 10.2 Å². The summed E-state index contributed by atoms with van der Waals surface area (Å²) < 4.78 is 7.99. The maximum atomic E-state index is 12.4. The van der Waals surface area contributed by atoms with Crippen molar-refractivity contribution < 1.29 is 9.53 Å². The third kappa shape index (κ3) is 5.82. The molecule has 0 saturated carbocycles. The molecule has 0 aliphatic carbocycles. The maximum Gasteiger partial charge on any atom is 0.234 e. The second-order valence-electron chi connectivity index (χ2n) is 6.10. The summed E-state index contributed by atoms with van der Waals surface area (Å²) in [5, 5.41) is 12.8. The van der Waals surface area contributed by atoms with Gasteiger partial charge in [-0.05, 0) is 46.6 Å². The molecule has 1 amide bonds. The molecule has 152 valence electrons. The lowest BCUT2D eigenvalue weighted by atomic mass is 10.2. The molecule has 3 aromatic rings. The molecule has 0 fully saturated rings. The quantitative estimate of drug-likeness (QED) is 0.329. The van der Waals surface area contributed by atoms with Crippen LogP contribution in [0, 0.1) is 0 Å². The van der Waals surface area contributed by atoms with E-state index < -0.39 is 0 Å². The minimum atomic E-state index is -0.118. The Morgan fingerprint density at radius 2 is 1.97 bits per heavy atom. The molecule has 0 aliphatic rings. The van der Waals surface area contributed by atoms with Gasteiger partial charge in [0.25, 0.3) is 0 Å². The van der Waals surface area contributed by atoms with E-state index in [0.29, 0.717) is 29.2 Å². The number of benzene rings is 2. The van der Waals surface area contributed by atoms with Crippen molar-refractivity contribution >= 4 is 50.9 Å². The zero-order valence-electron chi connectivity index (χ0n) is 15.8. The number of para-hydroxylation sites is 1. The lowest BCUT2D eigenvalue weighted by Gasteiger charge is -2.11. The SMILES string of the molecule is COCCCn1c(SCC(=O)Nc2ccccc2Br)nnc1-c1ccccc1Cl. The lowest BCUT2D eigenvalue weighted by Crippen LogP contribution is -2.15. The molecular formula is C20H20BrClN4O2S. The van der Waals surface area contributed by atoms with E-state index in [1.165, 1.54) is 11.8 Å². The summed E-state index contributed by atoms with van der Waals surface area (Å²) in [7, 11) is 1.67. The topological polar surface area (TPSA) is 69.0 Å². The van der Waals surface area contributed by atoms with Crippen molar-refractivity contribution in [3.63, 3.8) is 0 Å². The van der Waals surface area contributed by atoms with Crippen molar-refractivity contribution in [1.29, 1.82) is 0 Å². The summed E-state index contributed by atoms with van der Waals surface area (Å²) in [6, 6.07) is 15.0. The van der Waals surface area contributed by atoms with E-state index >= 15 is 0 Å². The minimum absolute atomic E-state index is 0.118. The van der Waals surface area contributed by atoms with Gasteiger partial charge in [0.1, 0.15) is 0 Å². The van der Waals surface area contributed by atoms with Crippen molar-refractivity contribution in [2.24, 2.45) is 0 Å². The van der Waals surface area contributed by atoms with Crippen LogP contribution in [0.3, 0.4) is 0 Å². The Hall–Kier alpha value is -1.87. The molecule has 0 spiro atoms. The first-order chi connectivity index (χ1) is 14.1. The number of carbonyl (C=O) groups excluding carboxylic acids is 1. The van der Waals surface area contributed by atoms with Crippen LogP contribution in [-0.4, -0.2) is 40.1 Å². The molecule has 9 heteroatoms. The number of hydrogen-bond donors (Lipinski definition) is 1. The number of nitrogens with zero attached hydrogens (tertiary/aromatic N) is 3. The van der Waals surface area contributed by atoms with Gasteiger partial charge in [-0.25, -0.2) is 0 Å². The third-order valence-electron chi connectivity index (χ3n) is 4.04. The monoisotopic (exact) mass is 494 g/mol. The number of anilines is 1. The summed E-state index contributed by atoms with van der Waals surface area (Å²) in [6.45, 7) is 1.28. The van der Waals surface area contributed by atoms with Crippen LogP contribution in [0.15, 0.2) is 58.2 Å². The molecule has 0 unspecified atom stereocenters. The van der Waals surface area contributed by atoms with Crippen molar-refractivity contribution in [3.05, 3.63) is 58.0 Å². The average Bonchev–Trinajstić information content (AvgIpc) is 3.11. The van der Waals surface area contributed by atoms with Crippen LogP contribution in [-0.2, 0) is 16.1 Å². The van der Waals surface area contributed by atoms with Crippen LogP contribution in [0.5, 0.6) is 0 Å². The van der Waals surface area contributed by atoms with Gasteiger partial charge in [0.05, 0.1) is 16.5 Å². The summed E-state index contributed by atoms with van der Waals surface area (Å²) in [4.78, 5) is 12.4. The molecule has 0 bridgehead atoms. The number of aromatic nitrogens is 3. The van der Waals surface area contributed by atoms with E-state index in [9.17, 15) is 4.79 Å². The summed E-state index contributed by atoms with van der Waals surface area (Å²) in [6.07, 6.45) is 0.794. The van der Waals surface area contributed by atoms with Crippen LogP contribution in [0.25, 0.3) is 11.4 Å². The van der Waals surface area contributed by atoms with Crippen LogP contribution in [0.1, 0.15) is 6.42 Å². The normalized spacial score (nSPS) is 10.9. The summed E-state index contributed by atoms with van der Waals surface area (Å²) in [5.74, 6) is 0.778. The van der Waals surface area contributed by atoms with Crippen molar-refractivity contribution in [1.82, 2.24) is 14.8 Å². The zero-order valence-corrected chi connectivity index (χ0v) is 18.9. The van der Waals surface area contributed by atoms with E-state index in [2.05, 4.69) is 31.4 Å². The fourth-order valence-electron chi connectivity index (χ4n) is 2.68. The maximum absolute atomic E-state index is 12.4. The van der Waals surface area contributed by atoms with Gasteiger partial charge in [0, 0.05) is 30.3 Å². The van der Waals surface area contributed by atoms with Gasteiger partial charge in [-0.2, -0.15) is 0 Å². The Labute approximate surface area is 187 Å². The van der Waals surface area contributed by atoms with E-state index in [4.69, 9.17) is 16.3 Å². The number of nitrogens with one attached hydrogen (secondary N) is 1. The van der Waals surface area contributed by atoms with Crippen molar-refractivity contribution in [3.8, 4) is 11.4 Å². The van der Waals surface area contributed by atoms with E-state index in [1.807, 2.05) is 53.1 Å². The average molecular weight is 496 g/mol. The number of rotatable bonds is 9. The first kappa shape index (κ1) is 21.8. The first-order valence-corrected chi connectivity index (χ1v) is 11.1. The molecule has 6 nitrogen and oxygen atoms in total. The number of carbonyl (C=O) groups is 1. The molecule has 2 aromatic carbocycles. The molecule has 1 heterocycles. The minimum Gasteiger partial charge on any atom is -0.385 e. The third-order valence-corrected chi connectivity index (χ3v) is 6.03. The van der Waals surface area contributed by atoms with Gasteiger partial charge in [0.2, 0.25) is 5.91 Å². The Morgan fingerprint density at radius 3 is 2.72 bits per heavy atom. The van der Waals surface area contributed by atoms with Crippen LogP contribution < -0.4 is 5.32 Å². The molecule has 1 N–H and O–H groups in total. The Balaban J connectivity index is 1.75. The highest BCUT2D eigenvalue weighted by Gasteiger charge is 2.17. The standard InChI is InChI=1S/C20H20BrClN4O2S/c1-28-12-6-11-26-19(14-7-2-4-9-16(14)22)24-25-20(26)29-13-18(27)23-17-10-5-3-8-15(17)21/h2-5,7-10H,6,11-13H2,1H3,(H,23,27). The lowest BCUT2D eigenvalue weighted by molar-refractivity contribution is -0.113. The number of ether oxygens (including phenoxy) is 1. The smallest absolute Gasteiger partial charge is 0.234 e. The Bertz CT molecular complexity index is 983. The molecule has 0 saturated heterocycles. The van der Waals surface area contributed by atoms with Gasteiger partial charge in [0.15, 0.2) is 11.0 Å². The highest BCUT2D eigenvalue weighted by Crippen LogP contribution is 2.29. The predicted octanol–water partition coefficient (Wildman–Crippen LogP) is 5.13. The molecule has 0 radical (unpaired) electrons. The second-order valence-corrected chi connectivity index (χ2v) is 8.30. The number of halogens is 2. The number of amides is 1. The van der Waals surface area contributed by atoms with Gasteiger partial charge < -0.3 is 14.6 Å². The second kappa shape index (κ2) is 10.8. The van der Waals surface area contributed by atoms with E-state index in [-0.39, 0.29) is 11.7 Å². The van der Waals surface area contributed by atoms with Crippen LogP contribution in [0.2, 0.25) is 5.02 Å². The van der Waals surface area contributed by atoms with Crippen molar-refractivity contribution in [2.45, 2.75) is 18.1 Å².